The van der Waals surface area contributed by atoms with Crippen molar-refractivity contribution < 1.29 is 32.9 Å². The normalized spacial score (nSPS) is 24.5. The number of ether oxygens (including phenoxy) is 1. The van der Waals surface area contributed by atoms with E-state index in [1.54, 1.807) is 0 Å². The lowest BCUT2D eigenvalue weighted by Gasteiger charge is -2.25. The number of urea groups is 1. The molecule has 9 heteroatoms. The lowest BCUT2D eigenvalue weighted by molar-refractivity contribution is -0.0506. The van der Waals surface area contributed by atoms with Crippen LogP contribution in [-0.4, -0.2) is 53.1 Å². The van der Waals surface area contributed by atoms with Gasteiger partial charge in [0.15, 0.2) is 0 Å². The minimum Gasteiger partial charge on any atom is -0.434 e. The molecule has 0 radical (unpaired) electrons. The molecular formula is C17H21F3N2O4. The van der Waals surface area contributed by atoms with E-state index >= 15 is 0 Å². The first kappa shape index (κ1) is 18.8. The quantitative estimate of drug-likeness (QED) is 0.751. The monoisotopic (exact) mass is 374 g/mol. The van der Waals surface area contributed by atoms with E-state index in [1.165, 1.54) is 17.0 Å². The predicted octanol–water partition coefficient (Wildman–Crippen LogP) is 1.84. The van der Waals surface area contributed by atoms with Crippen LogP contribution in [0.3, 0.4) is 0 Å². The van der Waals surface area contributed by atoms with E-state index in [9.17, 15) is 28.2 Å². The summed E-state index contributed by atoms with van der Waals surface area (Å²) in [6.45, 7) is -3.12. The molecule has 144 valence electrons. The highest BCUT2D eigenvalue weighted by Gasteiger charge is 2.49. The molecule has 2 amide bonds. The molecule has 3 rings (SSSR count). The standard InChI is InChI=1S/C17H21F3N2O4/c18-11-2-1-3-14(26-15(19)20)10(11)7-21-16(25)22-8-13(24)12(23)6-17(9-22)4-5-17/h1-3,12-13,15,23-24H,4-9H2,(H,21,25)/t12-,13+/m0/s1. The van der Waals surface area contributed by atoms with Gasteiger partial charge in [-0.05, 0) is 36.8 Å². The summed E-state index contributed by atoms with van der Waals surface area (Å²) >= 11 is 0. The average molecular weight is 374 g/mol. The van der Waals surface area contributed by atoms with Gasteiger partial charge in [0, 0.05) is 12.1 Å². The van der Waals surface area contributed by atoms with Crippen LogP contribution in [0.1, 0.15) is 24.8 Å². The number of alkyl halides is 2. The SMILES string of the molecule is O=C(NCc1c(F)cccc1OC(F)F)N1C[C@@H](O)[C@@H](O)CC2(CC2)C1. The average Bonchev–Trinajstić information content (AvgIpc) is 3.33. The molecule has 2 fully saturated rings. The molecule has 0 aromatic heterocycles. The fourth-order valence-corrected chi connectivity index (χ4v) is 3.35. The number of carbonyl (C=O) groups excluding carboxylic acids is 1. The molecule has 1 saturated heterocycles. The van der Waals surface area contributed by atoms with Crippen LogP contribution >= 0.6 is 0 Å². The molecule has 1 spiro atoms. The summed E-state index contributed by atoms with van der Waals surface area (Å²) in [5.41, 5.74) is -0.367. The first-order chi connectivity index (χ1) is 12.3. The molecule has 1 aliphatic carbocycles. The van der Waals surface area contributed by atoms with Crippen LogP contribution < -0.4 is 10.1 Å². The van der Waals surface area contributed by atoms with Crippen LogP contribution in [-0.2, 0) is 6.54 Å². The highest BCUT2D eigenvalue weighted by atomic mass is 19.3. The molecule has 1 heterocycles. The van der Waals surface area contributed by atoms with Crippen molar-refractivity contribution in [3.8, 4) is 5.75 Å². The Bertz CT molecular complexity index is 669. The van der Waals surface area contributed by atoms with Gasteiger partial charge in [-0.1, -0.05) is 6.07 Å². The van der Waals surface area contributed by atoms with Gasteiger partial charge in [0.2, 0.25) is 0 Å². The zero-order chi connectivity index (χ0) is 18.9. The van der Waals surface area contributed by atoms with Crippen LogP contribution in [0, 0.1) is 11.2 Å². The number of hydrogen-bond donors (Lipinski definition) is 3. The van der Waals surface area contributed by atoms with E-state index in [0.717, 1.165) is 18.9 Å². The summed E-state index contributed by atoms with van der Waals surface area (Å²) < 4.78 is 43.1. The van der Waals surface area contributed by atoms with Gasteiger partial charge in [-0.3, -0.25) is 0 Å². The summed E-state index contributed by atoms with van der Waals surface area (Å²) in [6, 6.07) is 2.96. The zero-order valence-corrected chi connectivity index (χ0v) is 14.0. The van der Waals surface area contributed by atoms with E-state index < -0.39 is 30.7 Å². The second kappa shape index (κ2) is 7.32. The fourth-order valence-electron chi connectivity index (χ4n) is 3.35. The number of halogens is 3. The third kappa shape index (κ3) is 4.21. The number of β-amino-alcohol motifs (C(OH)–C–C–N with tert-alkyl or cyclic N) is 1. The molecule has 26 heavy (non-hydrogen) atoms. The number of carbonyl (C=O) groups is 1. The Morgan fingerprint density at radius 1 is 1.35 bits per heavy atom. The van der Waals surface area contributed by atoms with Crippen molar-refractivity contribution in [1.82, 2.24) is 10.2 Å². The van der Waals surface area contributed by atoms with Crippen molar-refractivity contribution in [2.75, 3.05) is 13.1 Å². The molecule has 1 aromatic carbocycles. The number of likely N-dealkylation sites (tertiary alicyclic amines) is 1. The Kier molecular flexibility index (Phi) is 5.29. The van der Waals surface area contributed by atoms with Crippen LogP contribution in [0.2, 0.25) is 0 Å². The van der Waals surface area contributed by atoms with Gasteiger partial charge in [-0.15, -0.1) is 0 Å². The summed E-state index contributed by atoms with van der Waals surface area (Å²) in [5.74, 6) is -1.11. The van der Waals surface area contributed by atoms with Crippen LogP contribution in [0.4, 0.5) is 18.0 Å². The first-order valence-electron chi connectivity index (χ1n) is 8.41. The maximum atomic E-state index is 13.9. The lowest BCUT2D eigenvalue weighted by Crippen LogP contribution is -2.45. The molecule has 2 aliphatic rings. The number of nitrogens with zero attached hydrogens (tertiary/aromatic N) is 1. The molecule has 0 bridgehead atoms. The van der Waals surface area contributed by atoms with Crippen molar-refractivity contribution in [1.29, 1.82) is 0 Å². The molecule has 0 unspecified atom stereocenters. The van der Waals surface area contributed by atoms with E-state index in [1.807, 2.05) is 0 Å². The Morgan fingerprint density at radius 3 is 2.73 bits per heavy atom. The van der Waals surface area contributed by atoms with Gasteiger partial charge in [-0.2, -0.15) is 8.78 Å². The van der Waals surface area contributed by atoms with E-state index in [4.69, 9.17) is 0 Å². The molecule has 1 aliphatic heterocycles. The van der Waals surface area contributed by atoms with E-state index in [2.05, 4.69) is 10.1 Å². The Hall–Kier alpha value is -2.00. The molecule has 1 aromatic rings. The number of aliphatic hydroxyl groups excluding tert-OH is 2. The van der Waals surface area contributed by atoms with Crippen molar-refractivity contribution in [3.63, 3.8) is 0 Å². The van der Waals surface area contributed by atoms with E-state index in [-0.39, 0.29) is 29.8 Å². The van der Waals surface area contributed by atoms with E-state index in [0.29, 0.717) is 13.0 Å². The molecule has 3 N–H and O–H groups in total. The number of aliphatic hydroxyl groups is 2. The Labute approximate surface area is 148 Å². The molecule has 6 nitrogen and oxygen atoms in total. The van der Waals surface area contributed by atoms with Crippen LogP contribution in [0.25, 0.3) is 0 Å². The molecular weight excluding hydrogens is 353 g/mol. The van der Waals surface area contributed by atoms with Crippen molar-refractivity contribution in [2.45, 2.75) is 44.6 Å². The van der Waals surface area contributed by atoms with Crippen LogP contribution in [0.5, 0.6) is 5.75 Å². The summed E-state index contributed by atoms with van der Waals surface area (Å²) in [4.78, 5) is 13.8. The number of nitrogens with one attached hydrogen (secondary N) is 1. The zero-order valence-electron chi connectivity index (χ0n) is 14.0. The highest BCUT2D eigenvalue weighted by Crippen LogP contribution is 2.51. The first-order valence-corrected chi connectivity index (χ1v) is 8.41. The molecule has 2 atom stereocenters. The fraction of sp³-hybridized carbons (Fsp3) is 0.588. The summed E-state index contributed by atoms with van der Waals surface area (Å²) in [5, 5.41) is 22.4. The summed E-state index contributed by atoms with van der Waals surface area (Å²) in [7, 11) is 0. The number of amides is 2. The van der Waals surface area contributed by atoms with Crippen molar-refractivity contribution in [2.24, 2.45) is 5.41 Å². The van der Waals surface area contributed by atoms with Crippen LogP contribution in [0.15, 0.2) is 18.2 Å². The van der Waals surface area contributed by atoms with Gasteiger partial charge >= 0.3 is 12.6 Å². The predicted molar refractivity (Wildman–Crippen MR) is 85.1 cm³/mol. The second-order valence-corrected chi connectivity index (χ2v) is 6.97. The third-order valence-corrected chi connectivity index (χ3v) is 4.97. The second-order valence-electron chi connectivity index (χ2n) is 6.97. The smallest absolute Gasteiger partial charge is 0.387 e. The van der Waals surface area contributed by atoms with Crippen molar-refractivity contribution >= 4 is 6.03 Å². The third-order valence-electron chi connectivity index (χ3n) is 4.97. The molecule has 1 saturated carbocycles. The largest absolute Gasteiger partial charge is 0.434 e. The van der Waals surface area contributed by atoms with Crippen molar-refractivity contribution in [3.05, 3.63) is 29.6 Å². The summed E-state index contributed by atoms with van der Waals surface area (Å²) in [6.07, 6.45) is 0.192. The number of hydrogen-bond acceptors (Lipinski definition) is 4. The number of rotatable bonds is 4. The number of benzene rings is 1. The van der Waals surface area contributed by atoms with Gasteiger partial charge in [-0.25, -0.2) is 9.18 Å². The Morgan fingerprint density at radius 2 is 2.08 bits per heavy atom. The minimum atomic E-state index is -3.11. The van der Waals surface area contributed by atoms with Gasteiger partial charge in [0.1, 0.15) is 11.6 Å². The minimum absolute atomic E-state index is 0.0492. The maximum Gasteiger partial charge on any atom is 0.387 e. The topological polar surface area (TPSA) is 82.0 Å². The van der Waals surface area contributed by atoms with Gasteiger partial charge in [0.25, 0.3) is 0 Å². The highest BCUT2D eigenvalue weighted by molar-refractivity contribution is 5.74. The maximum absolute atomic E-state index is 13.9. The lowest BCUT2D eigenvalue weighted by atomic mass is 9.98. The van der Waals surface area contributed by atoms with Gasteiger partial charge < -0.3 is 25.2 Å². The van der Waals surface area contributed by atoms with Gasteiger partial charge in [0.05, 0.1) is 25.3 Å². The Balaban J connectivity index is 1.67.